The zero-order valence-corrected chi connectivity index (χ0v) is 18.0. The van der Waals surface area contributed by atoms with Crippen molar-refractivity contribution in [3.05, 3.63) is 48.0 Å². The number of nitrogens with one attached hydrogen (secondary N) is 1. The molecular weight excluding hydrogens is 396 g/mol. The number of ether oxygens (including phenoxy) is 3. The van der Waals surface area contributed by atoms with E-state index in [2.05, 4.69) is 5.32 Å². The lowest BCUT2D eigenvalue weighted by Gasteiger charge is -2.36. The Balaban J connectivity index is 1.63. The first-order chi connectivity index (χ1) is 15.1. The van der Waals surface area contributed by atoms with Gasteiger partial charge in [0.2, 0.25) is 11.8 Å². The van der Waals surface area contributed by atoms with Gasteiger partial charge in [-0.3, -0.25) is 9.59 Å². The lowest BCUT2D eigenvalue weighted by atomic mass is 9.73. The Labute approximate surface area is 182 Å². The van der Waals surface area contributed by atoms with Crippen LogP contribution in [0.15, 0.2) is 42.5 Å². The molecule has 7 nitrogen and oxygen atoms in total. The number of carbonyl (C=O) groups excluding carboxylic acids is 2. The first-order valence-corrected chi connectivity index (χ1v) is 10.6. The van der Waals surface area contributed by atoms with Gasteiger partial charge < -0.3 is 24.4 Å². The molecule has 4 rings (SSSR count). The van der Waals surface area contributed by atoms with E-state index in [0.717, 1.165) is 17.7 Å². The summed E-state index contributed by atoms with van der Waals surface area (Å²) in [6.45, 7) is 1.70. The molecule has 2 aromatic carbocycles. The molecule has 2 fully saturated rings. The summed E-state index contributed by atoms with van der Waals surface area (Å²) in [6, 6.07) is 13.1. The summed E-state index contributed by atoms with van der Waals surface area (Å²) in [4.78, 5) is 27.6. The van der Waals surface area contributed by atoms with Crippen LogP contribution in [0.5, 0.6) is 11.5 Å². The highest BCUT2D eigenvalue weighted by Crippen LogP contribution is 2.38. The van der Waals surface area contributed by atoms with Gasteiger partial charge in [0.25, 0.3) is 0 Å². The lowest BCUT2D eigenvalue weighted by Crippen LogP contribution is -2.44. The molecule has 2 aliphatic rings. The topological polar surface area (TPSA) is 77.1 Å². The van der Waals surface area contributed by atoms with E-state index < -0.39 is 5.41 Å². The minimum atomic E-state index is -0.686. The molecular formula is C24H28N2O5. The molecule has 0 radical (unpaired) electrons. The number of amides is 2. The quantitative estimate of drug-likeness (QED) is 0.768. The van der Waals surface area contributed by atoms with Crippen molar-refractivity contribution in [3.8, 4) is 11.5 Å². The van der Waals surface area contributed by atoms with Crippen molar-refractivity contribution in [1.29, 1.82) is 0 Å². The molecule has 164 valence electrons. The van der Waals surface area contributed by atoms with Crippen LogP contribution in [0.2, 0.25) is 0 Å². The molecule has 0 aromatic heterocycles. The third-order valence-electron chi connectivity index (χ3n) is 6.22. The van der Waals surface area contributed by atoms with Gasteiger partial charge in [0.05, 0.1) is 25.3 Å². The number of rotatable bonds is 6. The molecule has 2 amide bonds. The fraction of sp³-hybridized carbons (Fsp3) is 0.417. The summed E-state index contributed by atoms with van der Waals surface area (Å²) < 4.78 is 16.3. The van der Waals surface area contributed by atoms with Crippen molar-refractivity contribution >= 4 is 23.2 Å². The minimum Gasteiger partial charge on any atom is -0.497 e. The minimum absolute atomic E-state index is 0.0703. The van der Waals surface area contributed by atoms with Gasteiger partial charge in [-0.2, -0.15) is 0 Å². The van der Waals surface area contributed by atoms with Crippen molar-refractivity contribution < 1.29 is 23.8 Å². The van der Waals surface area contributed by atoms with E-state index in [0.29, 0.717) is 56.1 Å². The smallest absolute Gasteiger partial charge is 0.235 e. The predicted molar refractivity (Wildman–Crippen MR) is 118 cm³/mol. The van der Waals surface area contributed by atoms with Crippen LogP contribution in [0.3, 0.4) is 0 Å². The Hall–Kier alpha value is -3.06. The van der Waals surface area contributed by atoms with E-state index in [1.807, 2.05) is 36.4 Å². The monoisotopic (exact) mass is 424 g/mol. The molecule has 2 saturated heterocycles. The molecule has 0 spiro atoms. The van der Waals surface area contributed by atoms with Crippen LogP contribution in [0.25, 0.3) is 0 Å². The zero-order chi connectivity index (χ0) is 21.8. The standard InChI is InChI=1S/C24H28N2O5/c1-29-19-8-5-17(6-9-19)24(11-14-31-15-12-24)23(28)25-18-7-10-21(30-2)20(16-18)26-13-3-4-22(26)27/h5-10,16H,3-4,11-15H2,1-2H3,(H,25,28). The maximum atomic E-state index is 13.6. The third-order valence-corrected chi connectivity index (χ3v) is 6.22. The Kier molecular flexibility index (Phi) is 6.13. The van der Waals surface area contributed by atoms with Crippen molar-refractivity contribution in [2.75, 3.05) is 44.2 Å². The van der Waals surface area contributed by atoms with E-state index in [4.69, 9.17) is 14.2 Å². The van der Waals surface area contributed by atoms with Crippen molar-refractivity contribution in [1.82, 2.24) is 0 Å². The Morgan fingerprint density at radius 1 is 1.06 bits per heavy atom. The molecule has 0 unspecified atom stereocenters. The molecule has 2 aromatic rings. The van der Waals surface area contributed by atoms with Crippen LogP contribution >= 0.6 is 0 Å². The predicted octanol–water partition coefficient (Wildman–Crippen LogP) is 3.52. The average Bonchev–Trinajstić information content (AvgIpc) is 3.25. The Bertz CT molecular complexity index is 951. The highest BCUT2D eigenvalue weighted by molar-refractivity contribution is 6.01. The normalized spacial score (nSPS) is 18.0. The molecule has 31 heavy (non-hydrogen) atoms. The van der Waals surface area contributed by atoms with Gasteiger partial charge >= 0.3 is 0 Å². The van der Waals surface area contributed by atoms with E-state index in [1.165, 1.54) is 0 Å². The van der Waals surface area contributed by atoms with E-state index in [1.54, 1.807) is 25.2 Å². The average molecular weight is 424 g/mol. The Morgan fingerprint density at radius 3 is 2.42 bits per heavy atom. The van der Waals surface area contributed by atoms with Crippen LogP contribution in [-0.4, -0.2) is 45.8 Å². The summed E-state index contributed by atoms with van der Waals surface area (Å²) in [5.41, 5.74) is 1.58. The van der Waals surface area contributed by atoms with Crippen molar-refractivity contribution in [2.45, 2.75) is 31.1 Å². The zero-order valence-electron chi connectivity index (χ0n) is 18.0. The number of benzene rings is 2. The van der Waals surface area contributed by atoms with E-state index in [9.17, 15) is 9.59 Å². The van der Waals surface area contributed by atoms with Gasteiger partial charge in [-0.05, 0) is 55.2 Å². The second-order valence-electron chi connectivity index (χ2n) is 7.91. The first-order valence-electron chi connectivity index (χ1n) is 10.6. The molecule has 1 N–H and O–H groups in total. The third kappa shape index (κ3) is 4.10. The molecule has 2 heterocycles. The van der Waals surface area contributed by atoms with Gasteiger partial charge in [-0.15, -0.1) is 0 Å². The van der Waals surface area contributed by atoms with E-state index in [-0.39, 0.29) is 11.8 Å². The highest BCUT2D eigenvalue weighted by Gasteiger charge is 2.42. The molecule has 0 bridgehead atoms. The van der Waals surface area contributed by atoms with Crippen molar-refractivity contribution in [3.63, 3.8) is 0 Å². The molecule has 0 aliphatic carbocycles. The summed E-state index contributed by atoms with van der Waals surface area (Å²) in [5.74, 6) is 1.36. The maximum Gasteiger partial charge on any atom is 0.235 e. The Morgan fingerprint density at radius 2 is 1.81 bits per heavy atom. The van der Waals surface area contributed by atoms with Gasteiger partial charge in [-0.25, -0.2) is 0 Å². The fourth-order valence-corrected chi connectivity index (χ4v) is 4.41. The molecule has 7 heteroatoms. The number of methoxy groups -OCH3 is 2. The van der Waals surface area contributed by atoms with Crippen LogP contribution in [0, 0.1) is 0 Å². The summed E-state index contributed by atoms with van der Waals surface area (Å²) in [5, 5.41) is 3.09. The van der Waals surface area contributed by atoms with Crippen molar-refractivity contribution in [2.24, 2.45) is 0 Å². The lowest BCUT2D eigenvalue weighted by molar-refractivity contribution is -0.125. The van der Waals surface area contributed by atoms with E-state index >= 15 is 0 Å². The number of carbonyl (C=O) groups is 2. The first kappa shape index (κ1) is 21.2. The summed E-state index contributed by atoms with van der Waals surface area (Å²) in [7, 11) is 3.21. The highest BCUT2D eigenvalue weighted by atomic mass is 16.5. The van der Waals surface area contributed by atoms with Crippen LogP contribution in [0.4, 0.5) is 11.4 Å². The molecule has 0 saturated carbocycles. The van der Waals surface area contributed by atoms with Gasteiger partial charge in [0, 0.05) is 31.9 Å². The number of hydrogen-bond acceptors (Lipinski definition) is 5. The second-order valence-corrected chi connectivity index (χ2v) is 7.91. The van der Waals surface area contributed by atoms with Gasteiger partial charge in [0.1, 0.15) is 11.5 Å². The summed E-state index contributed by atoms with van der Waals surface area (Å²) >= 11 is 0. The SMILES string of the molecule is COc1ccc(C2(C(=O)Nc3ccc(OC)c(N4CCCC4=O)c3)CCOCC2)cc1. The van der Waals surface area contributed by atoms with Crippen LogP contribution in [0.1, 0.15) is 31.2 Å². The number of nitrogens with zero attached hydrogens (tertiary/aromatic N) is 1. The van der Waals surface area contributed by atoms with Crippen LogP contribution < -0.4 is 19.7 Å². The number of hydrogen-bond donors (Lipinski definition) is 1. The van der Waals surface area contributed by atoms with Gasteiger partial charge in [-0.1, -0.05) is 12.1 Å². The molecule has 0 atom stereocenters. The number of anilines is 2. The van der Waals surface area contributed by atoms with Crippen LogP contribution in [-0.2, 0) is 19.7 Å². The largest absolute Gasteiger partial charge is 0.497 e. The fourth-order valence-electron chi connectivity index (χ4n) is 4.41. The maximum absolute atomic E-state index is 13.6. The second kappa shape index (κ2) is 8.98. The molecule has 2 aliphatic heterocycles. The van der Waals surface area contributed by atoms with Gasteiger partial charge in [0.15, 0.2) is 0 Å². The summed E-state index contributed by atoms with van der Waals surface area (Å²) in [6.07, 6.45) is 2.54.